The van der Waals surface area contributed by atoms with Crippen molar-refractivity contribution >= 4 is 30.9 Å². The lowest BCUT2D eigenvalue weighted by atomic mass is 10.1. The molecule has 0 saturated carbocycles. The van der Waals surface area contributed by atoms with E-state index in [1.54, 1.807) is 13.8 Å². The first-order chi connectivity index (χ1) is 21.0. The highest BCUT2D eigenvalue weighted by Gasteiger charge is 2.51. The summed E-state index contributed by atoms with van der Waals surface area (Å²) in [6.07, 6.45) is -7.49. The van der Waals surface area contributed by atoms with Crippen molar-refractivity contribution in [3.05, 3.63) is 33.5 Å². The number of aliphatic hydroxyl groups is 2. The Morgan fingerprint density at radius 1 is 1.00 bits per heavy atom. The van der Waals surface area contributed by atoms with Crippen LogP contribution in [0.3, 0.4) is 0 Å². The zero-order chi connectivity index (χ0) is 31.8. The van der Waals surface area contributed by atoms with Gasteiger partial charge in [0, 0.05) is 13.2 Å². The Morgan fingerprint density at radius 3 is 2.34 bits per heavy atom. The molecule has 2 aliphatic heterocycles. The number of phosphoric ester groups is 1. The number of nitrogens with two attached hydrogens (primary N) is 2. The summed E-state index contributed by atoms with van der Waals surface area (Å²) in [5.74, 6) is -0.454. The van der Waals surface area contributed by atoms with E-state index in [4.69, 9.17) is 39.5 Å². The van der Waals surface area contributed by atoms with Crippen LogP contribution in [0.5, 0.6) is 0 Å². The van der Waals surface area contributed by atoms with Gasteiger partial charge in [0.25, 0.3) is 5.56 Å². The molecule has 1 unspecified atom stereocenters. The number of nitrogens with zero attached hydrogens (tertiary/aromatic N) is 6. The van der Waals surface area contributed by atoms with E-state index in [1.165, 1.54) is 10.9 Å². The van der Waals surface area contributed by atoms with Crippen molar-refractivity contribution in [1.82, 2.24) is 34.1 Å². The number of fused-ring (bicyclic) bond motifs is 1. The van der Waals surface area contributed by atoms with Crippen LogP contribution < -0.4 is 22.7 Å². The largest absolute Gasteiger partial charge is 0.472 e. The van der Waals surface area contributed by atoms with Crippen LogP contribution in [0.4, 0.5) is 11.9 Å². The topological polar surface area (TPSA) is 297 Å². The lowest BCUT2D eigenvalue weighted by molar-refractivity contribution is -0.0745. The van der Waals surface area contributed by atoms with Gasteiger partial charge in [0.05, 0.1) is 19.5 Å². The summed E-state index contributed by atoms with van der Waals surface area (Å²) in [5.41, 5.74) is 9.70. The number of aromatic nitrogens is 7. The van der Waals surface area contributed by atoms with Crippen LogP contribution >= 0.6 is 7.82 Å². The molecule has 0 aromatic carbocycles. The molecule has 2 saturated heterocycles. The standard InChI is InChI=1S/C22H32N9O12P/c1-3-38-14-12(33)10(42-18(14)31-8-26-20(23)29-22(31)35)6-40-44(36,37)43-13-9(5-32)41-19(15(13)39-4-2)30-7-25-11-16(30)27-21(24)28-17(11)34/h7-10,12-15,18-19,32-33H,3-6H2,1-2H3,(H,36,37)(H2,23,29,35)(H3,24,27,28,34)/t9-,10-,12-,13-,14-,15-,18-,19-/m1/s1. The average molecular weight is 646 g/mol. The monoisotopic (exact) mass is 645 g/mol. The van der Waals surface area contributed by atoms with Gasteiger partial charge in [0.1, 0.15) is 43.0 Å². The summed E-state index contributed by atoms with van der Waals surface area (Å²) < 4.78 is 49.0. The van der Waals surface area contributed by atoms with Gasteiger partial charge in [-0.25, -0.2) is 19.3 Å². The molecule has 5 heterocycles. The van der Waals surface area contributed by atoms with Crippen molar-refractivity contribution in [1.29, 1.82) is 0 Å². The molecule has 5 rings (SSSR count). The maximum atomic E-state index is 13.2. The van der Waals surface area contributed by atoms with Gasteiger partial charge in [0.15, 0.2) is 23.6 Å². The Kier molecular flexibility index (Phi) is 9.41. The van der Waals surface area contributed by atoms with E-state index >= 15 is 0 Å². The Balaban J connectivity index is 1.33. The molecule has 242 valence electrons. The highest BCUT2D eigenvalue weighted by molar-refractivity contribution is 7.47. The van der Waals surface area contributed by atoms with Crippen molar-refractivity contribution in [3.63, 3.8) is 0 Å². The Bertz CT molecular complexity index is 1630. The number of rotatable bonds is 12. The molecule has 44 heavy (non-hydrogen) atoms. The zero-order valence-corrected chi connectivity index (χ0v) is 24.3. The number of aliphatic hydroxyl groups excluding tert-OH is 2. The normalized spacial score (nSPS) is 30.2. The second kappa shape index (κ2) is 12.9. The summed E-state index contributed by atoms with van der Waals surface area (Å²) in [5, 5.41) is 20.9. The number of hydrogen-bond donors (Lipinski definition) is 6. The first kappa shape index (κ1) is 32.0. The lowest BCUT2D eigenvalue weighted by Gasteiger charge is -2.26. The minimum Gasteiger partial charge on any atom is -0.394 e. The number of hydrogen-bond acceptors (Lipinski definition) is 17. The van der Waals surface area contributed by atoms with E-state index in [2.05, 4.69) is 24.9 Å². The van der Waals surface area contributed by atoms with E-state index in [0.29, 0.717) is 0 Å². The number of H-pyrrole nitrogens is 1. The molecular weight excluding hydrogens is 613 g/mol. The second-order valence-electron chi connectivity index (χ2n) is 9.66. The minimum absolute atomic E-state index is 0.0399. The Labute approximate surface area is 247 Å². The molecule has 2 aliphatic rings. The average Bonchev–Trinajstić information content (AvgIpc) is 3.62. The van der Waals surface area contributed by atoms with Crippen LogP contribution in [0.2, 0.25) is 0 Å². The number of anilines is 2. The van der Waals surface area contributed by atoms with E-state index in [9.17, 15) is 29.3 Å². The summed E-state index contributed by atoms with van der Waals surface area (Å²) in [7, 11) is -4.97. The molecule has 21 nitrogen and oxygen atoms in total. The third-order valence-corrected chi connectivity index (χ3v) is 7.88. The summed E-state index contributed by atoms with van der Waals surface area (Å²) in [6.45, 7) is 2.20. The zero-order valence-electron chi connectivity index (χ0n) is 23.4. The lowest BCUT2D eigenvalue weighted by Crippen LogP contribution is -2.39. The fraction of sp³-hybridized carbons (Fsp3) is 0.636. The van der Waals surface area contributed by atoms with Gasteiger partial charge in [0.2, 0.25) is 11.9 Å². The van der Waals surface area contributed by atoms with Gasteiger partial charge < -0.3 is 45.5 Å². The van der Waals surface area contributed by atoms with Gasteiger partial charge in [-0.05, 0) is 13.8 Å². The van der Waals surface area contributed by atoms with Gasteiger partial charge in [-0.3, -0.25) is 28.0 Å². The fourth-order valence-corrected chi connectivity index (χ4v) is 6.00. The molecule has 3 aromatic heterocycles. The van der Waals surface area contributed by atoms with Crippen LogP contribution in [-0.2, 0) is 32.6 Å². The Hall–Kier alpha value is -3.37. The molecule has 9 atom stereocenters. The van der Waals surface area contributed by atoms with Crippen LogP contribution in [0.25, 0.3) is 11.2 Å². The molecule has 0 amide bonds. The number of aromatic amines is 1. The summed E-state index contributed by atoms with van der Waals surface area (Å²) in [4.78, 5) is 53.1. The maximum Gasteiger partial charge on any atom is 0.472 e. The fourth-order valence-electron chi connectivity index (χ4n) is 5.04. The number of ether oxygens (including phenoxy) is 4. The quantitative estimate of drug-likeness (QED) is 0.110. The van der Waals surface area contributed by atoms with Crippen LogP contribution in [0.15, 0.2) is 22.2 Å². The van der Waals surface area contributed by atoms with Crippen molar-refractivity contribution < 1.29 is 47.7 Å². The molecule has 0 aliphatic carbocycles. The van der Waals surface area contributed by atoms with Gasteiger partial charge in [-0.2, -0.15) is 9.97 Å². The SMILES string of the molecule is CCO[C@@H]1[C@H](O)[C@@H](COP(=O)(O)O[C@H]2[C@@H](OCC)[C@H](n3cnc4c(=O)[nH]c(N)nc43)O[C@@H]2CO)O[C@H]1n1cnc(N)nc1=O. The predicted octanol–water partition coefficient (Wildman–Crippen LogP) is -2.60. The molecule has 2 fully saturated rings. The van der Waals surface area contributed by atoms with Crippen molar-refractivity contribution in [2.24, 2.45) is 0 Å². The summed E-state index contributed by atoms with van der Waals surface area (Å²) >= 11 is 0. The number of imidazole rings is 1. The number of nitrogens with one attached hydrogen (secondary N) is 1. The maximum absolute atomic E-state index is 13.2. The third-order valence-electron chi connectivity index (χ3n) is 6.90. The first-order valence-electron chi connectivity index (χ1n) is 13.4. The van der Waals surface area contributed by atoms with E-state index in [-0.39, 0.29) is 36.3 Å². The van der Waals surface area contributed by atoms with Gasteiger partial charge in [-0.15, -0.1) is 0 Å². The summed E-state index contributed by atoms with van der Waals surface area (Å²) in [6, 6.07) is 0. The molecule has 3 aromatic rings. The molecule has 0 spiro atoms. The molecule has 0 radical (unpaired) electrons. The highest BCUT2D eigenvalue weighted by Crippen LogP contribution is 2.50. The third kappa shape index (κ3) is 6.24. The predicted molar refractivity (Wildman–Crippen MR) is 146 cm³/mol. The van der Waals surface area contributed by atoms with E-state index in [0.717, 1.165) is 10.9 Å². The van der Waals surface area contributed by atoms with Gasteiger partial charge >= 0.3 is 13.5 Å². The first-order valence-corrected chi connectivity index (χ1v) is 14.9. The molecule has 8 N–H and O–H groups in total. The van der Waals surface area contributed by atoms with Crippen LogP contribution in [-0.4, -0.2) is 112 Å². The van der Waals surface area contributed by atoms with Crippen LogP contribution in [0.1, 0.15) is 26.3 Å². The highest BCUT2D eigenvalue weighted by atomic mass is 31.2. The second-order valence-corrected chi connectivity index (χ2v) is 11.1. The van der Waals surface area contributed by atoms with Crippen molar-refractivity contribution in [2.45, 2.75) is 62.9 Å². The van der Waals surface area contributed by atoms with Crippen molar-refractivity contribution in [3.8, 4) is 0 Å². The Morgan fingerprint density at radius 2 is 1.66 bits per heavy atom. The van der Waals surface area contributed by atoms with Gasteiger partial charge in [-0.1, -0.05) is 0 Å². The van der Waals surface area contributed by atoms with E-state index in [1.807, 2.05) is 0 Å². The minimum atomic E-state index is -4.97. The van der Waals surface area contributed by atoms with E-state index < -0.39 is 81.4 Å². The molecule has 22 heteroatoms. The number of phosphoric acid groups is 1. The molecule has 0 bridgehead atoms. The molecular formula is C22H32N9O12P. The van der Waals surface area contributed by atoms with Crippen molar-refractivity contribution in [2.75, 3.05) is 37.9 Å². The smallest absolute Gasteiger partial charge is 0.394 e. The number of nitrogen functional groups attached to an aromatic ring is 2. The van der Waals surface area contributed by atoms with Crippen LogP contribution in [0, 0.1) is 0 Å².